The molecule has 0 spiro atoms. The quantitative estimate of drug-likeness (QED) is 0.851. The van der Waals surface area contributed by atoms with Crippen molar-refractivity contribution in [3.8, 4) is 0 Å². The van der Waals surface area contributed by atoms with Crippen LogP contribution in [0.2, 0.25) is 0 Å². The monoisotopic (exact) mass is 224 g/mol. The Kier molecular flexibility index (Phi) is 4.10. The molecule has 1 aromatic rings. The molecular formula is C12H20N2O2. The van der Waals surface area contributed by atoms with Crippen molar-refractivity contribution < 1.29 is 9.32 Å². The number of amides is 1. The lowest BCUT2D eigenvalue weighted by Gasteiger charge is -2.17. The number of carbonyl (C=O) groups is 1. The van der Waals surface area contributed by atoms with E-state index in [1.54, 1.807) is 0 Å². The van der Waals surface area contributed by atoms with E-state index in [1.165, 1.54) is 0 Å². The van der Waals surface area contributed by atoms with E-state index in [2.05, 4.69) is 24.3 Å². The van der Waals surface area contributed by atoms with Gasteiger partial charge in [0, 0.05) is 11.6 Å². The molecule has 0 aliphatic heterocycles. The van der Waals surface area contributed by atoms with Gasteiger partial charge in [0.1, 0.15) is 5.76 Å². The third kappa shape index (κ3) is 3.08. The Bertz CT molecular complexity index is 350. The molecule has 0 saturated heterocycles. The van der Waals surface area contributed by atoms with Crippen LogP contribution in [0.5, 0.6) is 0 Å². The van der Waals surface area contributed by atoms with Gasteiger partial charge in [-0.25, -0.2) is 0 Å². The van der Waals surface area contributed by atoms with Crippen LogP contribution in [0.1, 0.15) is 37.8 Å². The lowest BCUT2D eigenvalue weighted by atomic mass is 10.1. The molecule has 4 nitrogen and oxygen atoms in total. The average molecular weight is 224 g/mol. The second kappa shape index (κ2) is 5.14. The number of nitrogens with one attached hydrogen (secondary N) is 1. The van der Waals surface area contributed by atoms with Gasteiger partial charge in [0.2, 0.25) is 5.91 Å². The van der Waals surface area contributed by atoms with E-state index in [-0.39, 0.29) is 11.9 Å². The lowest BCUT2D eigenvalue weighted by Crippen LogP contribution is -2.37. The third-order valence-corrected chi connectivity index (χ3v) is 2.91. The average Bonchev–Trinajstić information content (AvgIpc) is 2.49. The van der Waals surface area contributed by atoms with Crippen molar-refractivity contribution in [3.05, 3.63) is 17.0 Å². The van der Waals surface area contributed by atoms with Crippen LogP contribution in [0.15, 0.2) is 4.52 Å². The molecule has 1 rings (SSSR count). The standard InChI is InChI=1S/C12H20N2O2/c1-7(2)8(3)13-12(15)6-11-9(4)14-16-10(11)5/h7-8H,6H2,1-5H3,(H,13,15)/t8-/m0/s1. The summed E-state index contributed by atoms with van der Waals surface area (Å²) in [5, 5.41) is 6.79. The molecule has 1 atom stereocenters. The Morgan fingerprint density at radius 3 is 2.44 bits per heavy atom. The molecule has 0 aliphatic rings. The van der Waals surface area contributed by atoms with E-state index in [1.807, 2.05) is 20.8 Å². The molecule has 4 heteroatoms. The summed E-state index contributed by atoms with van der Waals surface area (Å²) in [6.45, 7) is 9.86. The molecular weight excluding hydrogens is 204 g/mol. The van der Waals surface area contributed by atoms with Crippen LogP contribution >= 0.6 is 0 Å². The van der Waals surface area contributed by atoms with E-state index < -0.39 is 0 Å². The molecule has 0 radical (unpaired) electrons. The van der Waals surface area contributed by atoms with Gasteiger partial charge in [0.25, 0.3) is 0 Å². The fourth-order valence-corrected chi connectivity index (χ4v) is 1.39. The maximum Gasteiger partial charge on any atom is 0.224 e. The predicted molar refractivity (Wildman–Crippen MR) is 62.1 cm³/mol. The largest absolute Gasteiger partial charge is 0.361 e. The molecule has 0 saturated carbocycles. The summed E-state index contributed by atoms with van der Waals surface area (Å²) in [4.78, 5) is 11.7. The van der Waals surface area contributed by atoms with E-state index in [0.717, 1.165) is 17.0 Å². The predicted octanol–water partition coefficient (Wildman–Crippen LogP) is 1.99. The van der Waals surface area contributed by atoms with E-state index in [4.69, 9.17) is 4.52 Å². The molecule has 0 aromatic carbocycles. The molecule has 1 N–H and O–H groups in total. The zero-order chi connectivity index (χ0) is 12.3. The SMILES string of the molecule is Cc1noc(C)c1CC(=O)N[C@@H](C)C(C)C. The van der Waals surface area contributed by atoms with Gasteiger partial charge in [-0.1, -0.05) is 19.0 Å². The second-order valence-corrected chi connectivity index (χ2v) is 4.58. The minimum atomic E-state index is 0.0237. The van der Waals surface area contributed by atoms with Crippen LogP contribution in [0.25, 0.3) is 0 Å². The maximum atomic E-state index is 11.7. The van der Waals surface area contributed by atoms with Gasteiger partial charge in [-0.2, -0.15) is 0 Å². The summed E-state index contributed by atoms with van der Waals surface area (Å²) >= 11 is 0. The van der Waals surface area contributed by atoms with Crippen molar-refractivity contribution in [1.82, 2.24) is 10.5 Å². The number of hydrogen-bond donors (Lipinski definition) is 1. The third-order valence-electron chi connectivity index (χ3n) is 2.91. The van der Waals surface area contributed by atoms with Crippen molar-refractivity contribution in [2.24, 2.45) is 5.92 Å². The first-order chi connectivity index (χ1) is 7.41. The topological polar surface area (TPSA) is 55.1 Å². The summed E-state index contributed by atoms with van der Waals surface area (Å²) in [7, 11) is 0. The highest BCUT2D eigenvalue weighted by atomic mass is 16.5. The first kappa shape index (κ1) is 12.7. The van der Waals surface area contributed by atoms with Crippen LogP contribution in [0, 0.1) is 19.8 Å². The molecule has 1 amide bonds. The van der Waals surface area contributed by atoms with E-state index in [9.17, 15) is 4.79 Å². The summed E-state index contributed by atoms with van der Waals surface area (Å²) in [6, 6.07) is 0.188. The van der Waals surface area contributed by atoms with Gasteiger partial charge < -0.3 is 9.84 Å². The molecule has 0 fully saturated rings. The highest BCUT2D eigenvalue weighted by molar-refractivity contribution is 5.79. The van der Waals surface area contributed by atoms with Crippen LogP contribution in [0.4, 0.5) is 0 Å². The highest BCUT2D eigenvalue weighted by Gasteiger charge is 2.15. The second-order valence-electron chi connectivity index (χ2n) is 4.58. The van der Waals surface area contributed by atoms with Gasteiger partial charge in [-0.3, -0.25) is 4.79 Å². The summed E-state index contributed by atoms with van der Waals surface area (Å²) in [6.07, 6.45) is 0.345. The van der Waals surface area contributed by atoms with Gasteiger partial charge in [-0.15, -0.1) is 0 Å². The molecule has 1 aromatic heterocycles. The molecule has 16 heavy (non-hydrogen) atoms. The maximum absolute atomic E-state index is 11.7. The van der Waals surface area contributed by atoms with Crippen LogP contribution < -0.4 is 5.32 Å². The fraction of sp³-hybridized carbons (Fsp3) is 0.667. The first-order valence-electron chi connectivity index (χ1n) is 5.63. The van der Waals surface area contributed by atoms with Crippen molar-refractivity contribution in [2.75, 3.05) is 0 Å². The summed E-state index contributed by atoms with van der Waals surface area (Å²) in [5.41, 5.74) is 1.69. The lowest BCUT2D eigenvalue weighted by molar-refractivity contribution is -0.121. The first-order valence-corrected chi connectivity index (χ1v) is 5.63. The normalized spacial score (nSPS) is 12.9. The van der Waals surface area contributed by atoms with Gasteiger partial charge in [-0.05, 0) is 26.7 Å². The number of aryl methyl sites for hydroxylation is 2. The van der Waals surface area contributed by atoms with E-state index in [0.29, 0.717) is 12.3 Å². The van der Waals surface area contributed by atoms with Gasteiger partial charge in [0.15, 0.2) is 0 Å². The summed E-state index contributed by atoms with van der Waals surface area (Å²) < 4.78 is 5.02. The van der Waals surface area contributed by atoms with Crippen LogP contribution in [-0.4, -0.2) is 17.1 Å². The van der Waals surface area contributed by atoms with Gasteiger partial charge in [0.05, 0.1) is 12.1 Å². The number of rotatable bonds is 4. The van der Waals surface area contributed by atoms with Crippen molar-refractivity contribution in [1.29, 1.82) is 0 Å². The molecule has 0 bridgehead atoms. The molecule has 90 valence electrons. The number of aromatic nitrogens is 1. The van der Waals surface area contributed by atoms with Crippen molar-refractivity contribution in [3.63, 3.8) is 0 Å². The van der Waals surface area contributed by atoms with Gasteiger partial charge >= 0.3 is 0 Å². The zero-order valence-electron chi connectivity index (χ0n) is 10.6. The van der Waals surface area contributed by atoms with Crippen molar-refractivity contribution >= 4 is 5.91 Å². The minimum absolute atomic E-state index is 0.0237. The van der Waals surface area contributed by atoms with Crippen LogP contribution in [-0.2, 0) is 11.2 Å². The minimum Gasteiger partial charge on any atom is -0.361 e. The van der Waals surface area contributed by atoms with Crippen molar-refractivity contribution in [2.45, 2.75) is 47.1 Å². The summed E-state index contributed by atoms with van der Waals surface area (Å²) in [5.74, 6) is 1.19. The Balaban J connectivity index is 2.59. The number of hydrogen-bond acceptors (Lipinski definition) is 3. The van der Waals surface area contributed by atoms with Crippen LogP contribution in [0.3, 0.4) is 0 Å². The molecule has 0 unspecified atom stereocenters. The number of carbonyl (C=O) groups excluding carboxylic acids is 1. The zero-order valence-corrected chi connectivity index (χ0v) is 10.6. The van der Waals surface area contributed by atoms with E-state index >= 15 is 0 Å². The Morgan fingerprint density at radius 1 is 1.38 bits per heavy atom. The molecule has 1 heterocycles. The fourth-order valence-electron chi connectivity index (χ4n) is 1.39. The smallest absolute Gasteiger partial charge is 0.224 e. The Morgan fingerprint density at radius 2 is 2.00 bits per heavy atom. The molecule has 0 aliphatic carbocycles. The highest BCUT2D eigenvalue weighted by Crippen LogP contribution is 2.13. The Hall–Kier alpha value is -1.32. The number of nitrogens with zero attached hydrogens (tertiary/aromatic N) is 1. The Labute approximate surface area is 96.4 Å².